The van der Waals surface area contributed by atoms with Crippen LogP contribution >= 0.6 is 0 Å². The number of piperidine rings is 1. The Hall–Kier alpha value is -4.83. The molecule has 2 bridgehead atoms. The van der Waals surface area contributed by atoms with Gasteiger partial charge in [0.15, 0.2) is 0 Å². The molecule has 2 fully saturated rings. The lowest BCUT2D eigenvalue weighted by molar-refractivity contribution is -0.111. The van der Waals surface area contributed by atoms with Crippen LogP contribution in [0.15, 0.2) is 79.9 Å². The number of aliphatic hydroxyl groups is 1. The van der Waals surface area contributed by atoms with Gasteiger partial charge in [-0.05, 0) is 66.8 Å². The monoisotopic (exact) mass is 590 g/mol. The van der Waals surface area contributed by atoms with E-state index >= 15 is 0 Å². The molecule has 2 saturated heterocycles. The van der Waals surface area contributed by atoms with Crippen molar-refractivity contribution >= 4 is 34.1 Å². The first kappa shape index (κ1) is 29.3. The van der Waals surface area contributed by atoms with E-state index in [1.807, 2.05) is 42.6 Å². The van der Waals surface area contributed by atoms with Gasteiger partial charge in [-0.15, -0.1) is 0 Å². The predicted octanol–water partition coefficient (Wildman–Crippen LogP) is 5.89. The molecule has 44 heavy (non-hydrogen) atoms. The van der Waals surface area contributed by atoms with Crippen molar-refractivity contribution in [1.29, 1.82) is 0 Å². The second kappa shape index (κ2) is 12.8. The fourth-order valence-electron chi connectivity index (χ4n) is 6.41. The summed E-state index contributed by atoms with van der Waals surface area (Å²) < 4.78 is 0. The van der Waals surface area contributed by atoms with E-state index < -0.39 is 0 Å². The van der Waals surface area contributed by atoms with Gasteiger partial charge in [0.2, 0.25) is 11.9 Å². The number of aromatic nitrogens is 5. The molecule has 6 rings (SSSR count). The average molecular weight is 591 g/mol. The van der Waals surface area contributed by atoms with Crippen molar-refractivity contribution in [3.63, 3.8) is 0 Å². The van der Waals surface area contributed by atoms with Gasteiger partial charge in [0.05, 0.1) is 11.8 Å². The van der Waals surface area contributed by atoms with Gasteiger partial charge in [-0.25, -0.2) is 0 Å². The summed E-state index contributed by atoms with van der Waals surface area (Å²) in [5.74, 6) is 1.26. The SMILES string of the molecule is C=CC(=O)Nc1ccc2c(-c3ccccc3CNc3nc(N4C5CCC4CC(O)C5)ncn[nH]cc3C(C)C)nccc2c1. The Morgan fingerprint density at radius 2 is 1.93 bits per heavy atom. The summed E-state index contributed by atoms with van der Waals surface area (Å²) in [6.07, 6.45) is 9.65. The number of anilines is 3. The topological polar surface area (TPSA) is 132 Å². The fourth-order valence-corrected chi connectivity index (χ4v) is 6.41. The molecule has 1 amide bonds. The maximum absolute atomic E-state index is 11.8. The molecule has 0 radical (unpaired) electrons. The fraction of sp³-hybridized carbons (Fsp3) is 0.324. The summed E-state index contributed by atoms with van der Waals surface area (Å²) in [6, 6.07) is 16.4. The standard InChI is InChI=1S/C34H38N8O2/c1-4-31(44)40-24-9-12-29-22(15-24)13-14-35-32(29)28-8-6-5-7-23(28)18-36-33-30(21(2)3)19-38-39-20-37-34(41-33)42-25-10-11-26(42)17-27(43)16-25/h4-9,12-15,19-21,25-27,38,43H,1,10-11,16-18H2,2-3H3,(H,40,44)(H,36,37,39,41). The molecule has 10 heteroatoms. The first-order valence-corrected chi connectivity index (χ1v) is 15.2. The van der Waals surface area contributed by atoms with Crippen molar-refractivity contribution in [2.75, 3.05) is 15.5 Å². The van der Waals surface area contributed by atoms with Crippen LogP contribution < -0.4 is 15.5 Å². The summed E-state index contributed by atoms with van der Waals surface area (Å²) in [4.78, 5) is 28.7. The number of benzene rings is 2. The zero-order valence-electron chi connectivity index (χ0n) is 25.1. The lowest BCUT2D eigenvalue weighted by atomic mass is 9.99. The van der Waals surface area contributed by atoms with Gasteiger partial charge in [-0.1, -0.05) is 50.8 Å². The van der Waals surface area contributed by atoms with Crippen LogP contribution in [0.3, 0.4) is 0 Å². The number of rotatable bonds is 8. The highest BCUT2D eigenvalue weighted by Gasteiger charge is 2.41. The van der Waals surface area contributed by atoms with Crippen LogP contribution in [-0.4, -0.2) is 54.4 Å². The Balaban J connectivity index is 1.36. The molecule has 4 aromatic rings. The zero-order chi connectivity index (χ0) is 30.6. The minimum atomic E-state index is -0.277. The summed E-state index contributed by atoms with van der Waals surface area (Å²) in [5, 5.41) is 26.1. The van der Waals surface area contributed by atoms with E-state index in [2.05, 4.69) is 63.3 Å². The number of amides is 1. The van der Waals surface area contributed by atoms with Gasteiger partial charge < -0.3 is 20.6 Å². The quantitative estimate of drug-likeness (QED) is 0.187. The second-order valence-electron chi connectivity index (χ2n) is 11.7. The number of carbonyl (C=O) groups is 1. The maximum Gasteiger partial charge on any atom is 0.247 e. The number of aromatic amines is 1. The summed E-state index contributed by atoms with van der Waals surface area (Å²) in [7, 11) is 0. The molecule has 2 aliphatic heterocycles. The summed E-state index contributed by atoms with van der Waals surface area (Å²) in [6.45, 7) is 8.30. The Morgan fingerprint density at radius 3 is 2.70 bits per heavy atom. The molecule has 2 aliphatic rings. The van der Waals surface area contributed by atoms with E-state index in [1.54, 1.807) is 6.20 Å². The molecule has 2 atom stereocenters. The lowest BCUT2D eigenvalue weighted by Gasteiger charge is -2.37. The molecule has 0 saturated carbocycles. The third-order valence-electron chi connectivity index (χ3n) is 8.51. The lowest BCUT2D eigenvalue weighted by Crippen LogP contribution is -2.45. The van der Waals surface area contributed by atoms with Crippen molar-refractivity contribution in [3.05, 3.63) is 91.0 Å². The van der Waals surface area contributed by atoms with E-state index in [-0.39, 0.29) is 30.0 Å². The third-order valence-corrected chi connectivity index (χ3v) is 8.51. The van der Waals surface area contributed by atoms with Crippen LogP contribution in [0.25, 0.3) is 22.0 Å². The van der Waals surface area contributed by atoms with Gasteiger partial charge in [0.1, 0.15) is 12.1 Å². The molecule has 2 aromatic heterocycles. The highest BCUT2D eigenvalue weighted by atomic mass is 16.3. The molecule has 0 aliphatic carbocycles. The Bertz CT molecular complexity index is 1720. The van der Waals surface area contributed by atoms with E-state index in [1.165, 1.54) is 12.4 Å². The largest absolute Gasteiger partial charge is 0.393 e. The summed E-state index contributed by atoms with van der Waals surface area (Å²) in [5.41, 5.74) is 4.61. The van der Waals surface area contributed by atoms with Crippen LogP contribution in [0.2, 0.25) is 0 Å². The Morgan fingerprint density at radius 1 is 1.14 bits per heavy atom. The molecule has 2 unspecified atom stereocenters. The Labute approximate surface area is 257 Å². The van der Waals surface area contributed by atoms with Gasteiger partial charge >= 0.3 is 0 Å². The number of hydrogen-bond acceptors (Lipinski definition) is 8. The predicted molar refractivity (Wildman–Crippen MR) is 174 cm³/mol. The van der Waals surface area contributed by atoms with Gasteiger partial charge in [-0.2, -0.15) is 15.1 Å². The minimum Gasteiger partial charge on any atom is -0.393 e. The highest BCUT2D eigenvalue weighted by molar-refractivity contribution is 6.02. The summed E-state index contributed by atoms with van der Waals surface area (Å²) >= 11 is 0. The van der Waals surface area contributed by atoms with Crippen LogP contribution in [0.5, 0.6) is 0 Å². The number of pyridine rings is 1. The van der Waals surface area contributed by atoms with Gasteiger partial charge in [0.25, 0.3) is 0 Å². The van der Waals surface area contributed by atoms with Crippen molar-refractivity contribution in [2.45, 2.75) is 70.2 Å². The van der Waals surface area contributed by atoms with Crippen LogP contribution in [0.4, 0.5) is 17.5 Å². The van der Waals surface area contributed by atoms with Crippen molar-refractivity contribution in [2.24, 2.45) is 0 Å². The molecule has 0 spiro atoms. The van der Waals surface area contributed by atoms with Crippen molar-refractivity contribution in [3.8, 4) is 11.3 Å². The normalized spacial score (nSPS) is 19.1. The molecule has 4 heterocycles. The molecular weight excluding hydrogens is 552 g/mol. The van der Waals surface area contributed by atoms with E-state index in [9.17, 15) is 9.90 Å². The van der Waals surface area contributed by atoms with E-state index in [0.29, 0.717) is 18.2 Å². The van der Waals surface area contributed by atoms with E-state index in [4.69, 9.17) is 9.97 Å². The maximum atomic E-state index is 11.8. The molecule has 2 aromatic carbocycles. The third kappa shape index (κ3) is 6.12. The second-order valence-corrected chi connectivity index (χ2v) is 11.7. The number of hydrogen-bond donors (Lipinski definition) is 4. The number of nitrogens with one attached hydrogen (secondary N) is 3. The number of nitrogens with zero attached hydrogens (tertiary/aromatic N) is 5. The Kier molecular flexibility index (Phi) is 8.51. The zero-order valence-corrected chi connectivity index (χ0v) is 25.1. The molecule has 4 N–H and O–H groups in total. The van der Waals surface area contributed by atoms with E-state index in [0.717, 1.165) is 64.7 Å². The number of aliphatic hydroxyl groups excluding tert-OH is 1. The van der Waals surface area contributed by atoms with Crippen LogP contribution in [-0.2, 0) is 11.3 Å². The van der Waals surface area contributed by atoms with Gasteiger partial charge in [0, 0.05) is 53.2 Å². The minimum absolute atomic E-state index is 0.161. The number of fused-ring (bicyclic) bond motifs is 3. The molecule has 10 nitrogen and oxygen atoms in total. The number of carbonyl (C=O) groups excluding carboxylic acids is 1. The smallest absolute Gasteiger partial charge is 0.247 e. The first-order chi connectivity index (χ1) is 21.4. The first-order valence-electron chi connectivity index (χ1n) is 15.2. The average Bonchev–Trinajstić information content (AvgIpc) is 3.34. The van der Waals surface area contributed by atoms with Crippen LogP contribution in [0, 0.1) is 0 Å². The van der Waals surface area contributed by atoms with Gasteiger partial charge in [-0.3, -0.25) is 14.9 Å². The highest BCUT2D eigenvalue weighted by Crippen LogP contribution is 2.38. The van der Waals surface area contributed by atoms with Crippen molar-refractivity contribution in [1.82, 2.24) is 25.1 Å². The van der Waals surface area contributed by atoms with Crippen LogP contribution in [0.1, 0.15) is 56.6 Å². The van der Waals surface area contributed by atoms with Crippen molar-refractivity contribution < 1.29 is 9.90 Å². The molecular formula is C34H38N8O2. The molecule has 226 valence electrons. The number of H-pyrrole nitrogens is 1.